The summed E-state index contributed by atoms with van der Waals surface area (Å²) in [5, 5.41) is 0. The van der Waals surface area contributed by atoms with Gasteiger partial charge in [0.25, 0.3) is 0 Å². The van der Waals surface area contributed by atoms with Gasteiger partial charge in [0, 0.05) is 19.2 Å². The van der Waals surface area contributed by atoms with Crippen molar-refractivity contribution in [1.82, 2.24) is 4.90 Å². The van der Waals surface area contributed by atoms with Gasteiger partial charge in [0.1, 0.15) is 24.0 Å². The van der Waals surface area contributed by atoms with Gasteiger partial charge in [-0.15, -0.1) is 0 Å². The van der Waals surface area contributed by atoms with E-state index in [4.69, 9.17) is 18.9 Å². The number of carbonyl (C=O) groups excluding carboxylic acids is 3. The van der Waals surface area contributed by atoms with E-state index < -0.39 is 30.3 Å². The molecule has 1 amide bonds. The number of methoxy groups -OCH3 is 1. The summed E-state index contributed by atoms with van der Waals surface area (Å²) in [6, 6.07) is 4.15. The first-order valence-corrected chi connectivity index (χ1v) is 10.5. The molecule has 1 aliphatic heterocycles. The number of carbonyl (C=O) groups is 3. The van der Waals surface area contributed by atoms with E-state index in [1.54, 1.807) is 46.1 Å². The molecular weight excluding hydrogens is 458 g/mol. The fraction of sp³-hybridized carbons (Fsp3) is 0.571. The van der Waals surface area contributed by atoms with Crippen molar-refractivity contribution in [3.8, 4) is 5.75 Å². The molecule has 0 aliphatic carbocycles. The van der Waals surface area contributed by atoms with Gasteiger partial charge in [-0.3, -0.25) is 9.69 Å². The minimum Gasteiger partial charge on any atom is -0.490 e. The Morgan fingerprint density at radius 3 is 2.60 bits per heavy atom. The first kappa shape index (κ1) is 24.1. The van der Waals surface area contributed by atoms with Crippen molar-refractivity contribution in [2.75, 3.05) is 33.5 Å². The summed E-state index contributed by atoms with van der Waals surface area (Å²) in [6.45, 7) is 6.03. The summed E-state index contributed by atoms with van der Waals surface area (Å²) in [4.78, 5) is 38.6. The number of ether oxygens (including phenoxy) is 4. The average molecular weight is 486 g/mol. The van der Waals surface area contributed by atoms with Gasteiger partial charge in [-0.1, -0.05) is 0 Å². The molecule has 0 aromatic heterocycles. The largest absolute Gasteiger partial charge is 0.490 e. The predicted octanol–water partition coefficient (Wildman–Crippen LogP) is 3.60. The molecule has 1 atom stereocenters. The normalized spacial score (nSPS) is 16.3. The molecule has 0 bridgehead atoms. The zero-order valence-electron chi connectivity index (χ0n) is 17.7. The van der Waals surface area contributed by atoms with E-state index in [0.717, 1.165) is 0 Å². The van der Waals surface area contributed by atoms with Crippen LogP contribution >= 0.6 is 15.9 Å². The maximum Gasteiger partial charge on any atom is 0.411 e. The third-order valence-corrected chi connectivity index (χ3v) is 4.95. The van der Waals surface area contributed by atoms with Gasteiger partial charge in [-0.05, 0) is 67.7 Å². The molecule has 9 heteroatoms. The molecule has 0 spiro atoms. The maximum atomic E-state index is 12.5. The number of likely N-dealkylation sites (tertiary alicyclic amines) is 1. The van der Waals surface area contributed by atoms with Crippen LogP contribution in [0.3, 0.4) is 0 Å². The Balaban J connectivity index is 1.94. The summed E-state index contributed by atoms with van der Waals surface area (Å²) in [5.74, 6) is -0.481. The minimum absolute atomic E-state index is 0.337. The van der Waals surface area contributed by atoms with Crippen molar-refractivity contribution in [1.29, 1.82) is 0 Å². The van der Waals surface area contributed by atoms with Gasteiger partial charge in [0.05, 0.1) is 11.1 Å². The Hall–Kier alpha value is -2.13. The molecule has 1 fully saturated rings. The third-order valence-electron chi connectivity index (χ3n) is 4.30. The van der Waals surface area contributed by atoms with Gasteiger partial charge in [0.15, 0.2) is 12.4 Å². The van der Waals surface area contributed by atoms with Crippen LogP contribution in [0.2, 0.25) is 0 Å². The van der Waals surface area contributed by atoms with Crippen LogP contribution in [0.4, 0.5) is 4.79 Å². The molecule has 0 saturated carbocycles. The molecule has 0 radical (unpaired) electrons. The zero-order valence-corrected chi connectivity index (χ0v) is 19.3. The number of nitrogens with zero attached hydrogens (tertiary/aromatic N) is 1. The van der Waals surface area contributed by atoms with Crippen molar-refractivity contribution in [2.45, 2.75) is 45.3 Å². The zero-order chi connectivity index (χ0) is 22.3. The molecular formula is C21H28BrNO7. The van der Waals surface area contributed by atoms with Crippen molar-refractivity contribution < 1.29 is 33.3 Å². The fourth-order valence-electron chi connectivity index (χ4n) is 2.89. The molecule has 166 valence electrons. The number of esters is 1. The molecule has 0 N–H and O–H groups in total. The number of rotatable bonds is 8. The molecule has 30 heavy (non-hydrogen) atoms. The number of benzene rings is 1. The number of hydrogen-bond acceptors (Lipinski definition) is 7. The molecule has 1 aromatic rings. The summed E-state index contributed by atoms with van der Waals surface area (Å²) in [5.41, 5.74) is -0.303. The SMILES string of the molecule is COCCOc1cc(C(=O)COC(=O)[C@@H]2CCCN2C(=O)OC(C)(C)C)ccc1Br. The second-order valence-corrected chi connectivity index (χ2v) is 8.70. The number of hydrogen-bond donors (Lipinski definition) is 0. The Kier molecular flexibility index (Phi) is 8.66. The highest BCUT2D eigenvalue weighted by Gasteiger charge is 2.37. The Morgan fingerprint density at radius 2 is 1.93 bits per heavy atom. The summed E-state index contributed by atoms with van der Waals surface area (Å²) in [7, 11) is 1.57. The van der Waals surface area contributed by atoms with E-state index in [9.17, 15) is 14.4 Å². The Morgan fingerprint density at radius 1 is 1.20 bits per heavy atom. The highest BCUT2D eigenvalue weighted by molar-refractivity contribution is 9.10. The molecule has 1 heterocycles. The van der Waals surface area contributed by atoms with Gasteiger partial charge in [0.2, 0.25) is 0 Å². The lowest BCUT2D eigenvalue weighted by atomic mass is 10.1. The van der Waals surface area contributed by atoms with E-state index in [1.165, 1.54) is 4.90 Å². The molecule has 0 unspecified atom stereocenters. The first-order chi connectivity index (χ1) is 14.1. The van der Waals surface area contributed by atoms with Crippen LogP contribution < -0.4 is 4.74 Å². The van der Waals surface area contributed by atoms with Crippen molar-refractivity contribution in [2.24, 2.45) is 0 Å². The second-order valence-electron chi connectivity index (χ2n) is 7.85. The highest BCUT2D eigenvalue weighted by atomic mass is 79.9. The second kappa shape index (κ2) is 10.8. The van der Waals surface area contributed by atoms with Crippen LogP contribution in [0.25, 0.3) is 0 Å². The lowest BCUT2D eigenvalue weighted by Gasteiger charge is -2.27. The van der Waals surface area contributed by atoms with Crippen molar-refractivity contribution in [3.63, 3.8) is 0 Å². The van der Waals surface area contributed by atoms with Gasteiger partial charge < -0.3 is 18.9 Å². The number of Topliss-reactive ketones (excluding diaryl/α,β-unsaturated/α-hetero) is 1. The molecule has 8 nitrogen and oxygen atoms in total. The number of ketones is 1. The quantitative estimate of drug-likeness (QED) is 0.315. The highest BCUT2D eigenvalue weighted by Crippen LogP contribution is 2.27. The van der Waals surface area contributed by atoms with E-state index in [1.807, 2.05) is 0 Å². The third kappa shape index (κ3) is 6.98. The predicted molar refractivity (Wildman–Crippen MR) is 113 cm³/mol. The smallest absolute Gasteiger partial charge is 0.411 e. The van der Waals surface area contributed by atoms with Gasteiger partial charge in [-0.2, -0.15) is 0 Å². The van der Waals surface area contributed by atoms with Crippen LogP contribution in [0.1, 0.15) is 44.0 Å². The fourth-order valence-corrected chi connectivity index (χ4v) is 3.25. The average Bonchev–Trinajstić information content (AvgIpc) is 3.16. The standard InChI is InChI=1S/C21H28BrNO7/c1-21(2,3)30-20(26)23-9-5-6-16(23)19(25)29-13-17(24)14-7-8-15(22)18(12-14)28-11-10-27-4/h7-8,12,16H,5-6,9-11,13H2,1-4H3/t16-/m0/s1. The van der Waals surface area contributed by atoms with Gasteiger partial charge in [-0.25, -0.2) is 9.59 Å². The first-order valence-electron chi connectivity index (χ1n) is 9.73. The summed E-state index contributed by atoms with van der Waals surface area (Å²) < 4.78 is 21.8. The van der Waals surface area contributed by atoms with Gasteiger partial charge >= 0.3 is 12.1 Å². The van der Waals surface area contributed by atoms with Crippen LogP contribution in [-0.2, 0) is 19.0 Å². The summed E-state index contributed by atoms with van der Waals surface area (Å²) in [6.07, 6.45) is 0.586. The van der Waals surface area contributed by atoms with E-state index >= 15 is 0 Å². The van der Waals surface area contributed by atoms with Crippen LogP contribution in [0.15, 0.2) is 22.7 Å². The maximum absolute atomic E-state index is 12.5. The Labute approximate surface area is 184 Å². The van der Waals surface area contributed by atoms with Crippen LogP contribution in [0.5, 0.6) is 5.75 Å². The van der Waals surface area contributed by atoms with Crippen LogP contribution in [-0.4, -0.2) is 67.9 Å². The van der Waals surface area contributed by atoms with E-state index in [2.05, 4.69) is 15.9 Å². The molecule has 2 rings (SSSR count). The topological polar surface area (TPSA) is 91.4 Å². The van der Waals surface area contributed by atoms with E-state index in [0.29, 0.717) is 48.4 Å². The molecule has 1 aliphatic rings. The number of amides is 1. The number of halogens is 1. The van der Waals surface area contributed by atoms with E-state index in [-0.39, 0.29) is 5.78 Å². The lowest BCUT2D eigenvalue weighted by molar-refractivity contribution is -0.147. The lowest BCUT2D eigenvalue weighted by Crippen LogP contribution is -2.44. The summed E-state index contributed by atoms with van der Waals surface area (Å²) >= 11 is 3.37. The van der Waals surface area contributed by atoms with Crippen LogP contribution in [0, 0.1) is 0 Å². The Bertz CT molecular complexity index is 775. The van der Waals surface area contributed by atoms with Crippen molar-refractivity contribution in [3.05, 3.63) is 28.2 Å². The minimum atomic E-state index is -0.745. The molecule has 1 saturated heterocycles. The monoisotopic (exact) mass is 485 g/mol. The molecule has 1 aromatic carbocycles. The van der Waals surface area contributed by atoms with Crippen molar-refractivity contribution >= 4 is 33.8 Å².